The number of hydrogen-bond donors (Lipinski definition) is 1. The maximum absolute atomic E-state index is 14.1. The first kappa shape index (κ1) is 17.6. The van der Waals surface area contributed by atoms with Gasteiger partial charge in [-0.25, -0.2) is 4.39 Å². The van der Waals surface area contributed by atoms with E-state index in [1.807, 2.05) is 12.1 Å². The molecule has 28 heavy (non-hydrogen) atoms. The third kappa shape index (κ3) is 3.27. The van der Waals surface area contributed by atoms with Crippen LogP contribution in [-0.2, 0) is 6.42 Å². The molecule has 0 aliphatic carbocycles. The SMILES string of the molecule is O=C(c1cccnc1)N1CCc2cc(Nc3ccc([N+](=O)[O-])cc3F)ccc21. The molecule has 0 unspecified atom stereocenters. The third-order valence-electron chi connectivity index (χ3n) is 4.57. The molecule has 0 radical (unpaired) electrons. The van der Waals surface area contributed by atoms with Gasteiger partial charge in [-0.15, -0.1) is 0 Å². The summed E-state index contributed by atoms with van der Waals surface area (Å²) in [5, 5.41) is 13.7. The molecule has 7 nitrogen and oxygen atoms in total. The molecule has 2 heterocycles. The fourth-order valence-corrected chi connectivity index (χ4v) is 3.21. The summed E-state index contributed by atoms with van der Waals surface area (Å²) >= 11 is 0. The monoisotopic (exact) mass is 378 g/mol. The summed E-state index contributed by atoms with van der Waals surface area (Å²) in [5.41, 5.74) is 2.77. The quantitative estimate of drug-likeness (QED) is 0.546. The van der Waals surface area contributed by atoms with Crippen LogP contribution in [0.3, 0.4) is 0 Å². The predicted octanol–water partition coefficient (Wildman–Crippen LogP) is 4.08. The van der Waals surface area contributed by atoms with Gasteiger partial charge in [0.2, 0.25) is 0 Å². The van der Waals surface area contributed by atoms with E-state index in [1.165, 1.54) is 18.3 Å². The molecule has 1 aromatic heterocycles. The Morgan fingerprint density at radius 3 is 2.79 bits per heavy atom. The average Bonchev–Trinajstić information content (AvgIpc) is 3.12. The number of anilines is 3. The minimum Gasteiger partial charge on any atom is -0.353 e. The van der Waals surface area contributed by atoms with Crippen molar-refractivity contribution in [3.63, 3.8) is 0 Å². The van der Waals surface area contributed by atoms with E-state index in [9.17, 15) is 19.3 Å². The fourth-order valence-electron chi connectivity index (χ4n) is 3.21. The van der Waals surface area contributed by atoms with Gasteiger partial charge in [0.1, 0.15) is 0 Å². The van der Waals surface area contributed by atoms with Gasteiger partial charge in [-0.3, -0.25) is 19.9 Å². The number of rotatable bonds is 4. The van der Waals surface area contributed by atoms with Gasteiger partial charge >= 0.3 is 0 Å². The molecule has 140 valence electrons. The number of nitro groups is 1. The van der Waals surface area contributed by atoms with Crippen LogP contribution in [0.2, 0.25) is 0 Å². The highest BCUT2D eigenvalue weighted by Crippen LogP contribution is 2.33. The van der Waals surface area contributed by atoms with E-state index in [1.54, 1.807) is 29.3 Å². The summed E-state index contributed by atoms with van der Waals surface area (Å²) in [6.07, 6.45) is 3.83. The molecule has 4 rings (SSSR count). The second-order valence-corrected chi connectivity index (χ2v) is 6.34. The number of amides is 1. The normalized spacial score (nSPS) is 12.5. The first-order valence-corrected chi connectivity index (χ1v) is 8.59. The Labute approximate surface area is 159 Å². The Bertz CT molecular complexity index is 1070. The molecule has 0 fully saturated rings. The van der Waals surface area contributed by atoms with Crippen LogP contribution in [0.25, 0.3) is 0 Å². The summed E-state index contributed by atoms with van der Waals surface area (Å²) in [5.74, 6) is -0.822. The van der Waals surface area contributed by atoms with Gasteiger partial charge in [0.05, 0.1) is 22.2 Å². The van der Waals surface area contributed by atoms with Crippen LogP contribution in [0.4, 0.5) is 27.1 Å². The van der Waals surface area contributed by atoms with Crippen LogP contribution in [0.5, 0.6) is 0 Å². The zero-order valence-electron chi connectivity index (χ0n) is 14.6. The van der Waals surface area contributed by atoms with Crippen molar-refractivity contribution in [2.75, 3.05) is 16.8 Å². The van der Waals surface area contributed by atoms with Gasteiger partial charge in [0.15, 0.2) is 5.82 Å². The molecule has 1 amide bonds. The lowest BCUT2D eigenvalue weighted by molar-refractivity contribution is -0.385. The number of carbonyl (C=O) groups is 1. The molecule has 1 aliphatic heterocycles. The van der Waals surface area contributed by atoms with E-state index in [0.29, 0.717) is 24.2 Å². The number of carbonyl (C=O) groups excluding carboxylic acids is 1. The Hall–Kier alpha value is -3.81. The van der Waals surface area contributed by atoms with E-state index >= 15 is 0 Å². The molecule has 1 aliphatic rings. The average molecular weight is 378 g/mol. The largest absolute Gasteiger partial charge is 0.353 e. The first-order valence-electron chi connectivity index (χ1n) is 8.59. The van der Waals surface area contributed by atoms with E-state index in [-0.39, 0.29) is 17.3 Å². The minimum atomic E-state index is -0.705. The molecule has 0 saturated carbocycles. The number of halogens is 1. The number of fused-ring (bicyclic) bond motifs is 1. The van der Waals surface area contributed by atoms with E-state index in [4.69, 9.17) is 0 Å². The smallest absolute Gasteiger partial charge is 0.272 e. The maximum Gasteiger partial charge on any atom is 0.272 e. The standard InChI is InChI=1S/C20H15FN4O3/c21-17-11-16(25(27)28)4-5-18(17)23-15-3-6-19-13(10-15)7-9-24(19)20(26)14-2-1-8-22-12-14/h1-6,8,10-12,23H,7,9H2. The summed E-state index contributed by atoms with van der Waals surface area (Å²) in [4.78, 5) is 28.4. The van der Waals surface area contributed by atoms with Crippen molar-refractivity contribution in [1.82, 2.24) is 4.98 Å². The van der Waals surface area contributed by atoms with Crippen molar-refractivity contribution in [3.05, 3.63) is 88.0 Å². The van der Waals surface area contributed by atoms with Gasteiger partial charge in [-0.1, -0.05) is 0 Å². The van der Waals surface area contributed by atoms with Crippen molar-refractivity contribution in [3.8, 4) is 0 Å². The molecule has 1 N–H and O–H groups in total. The van der Waals surface area contributed by atoms with E-state index < -0.39 is 10.7 Å². The number of hydrogen-bond acceptors (Lipinski definition) is 5. The Balaban J connectivity index is 1.56. The molecule has 0 bridgehead atoms. The number of nitrogens with one attached hydrogen (secondary N) is 1. The van der Waals surface area contributed by atoms with Gasteiger partial charge in [-0.2, -0.15) is 0 Å². The molecular formula is C20H15FN4O3. The van der Waals surface area contributed by atoms with Crippen LogP contribution < -0.4 is 10.2 Å². The van der Waals surface area contributed by atoms with Crippen molar-refractivity contribution in [1.29, 1.82) is 0 Å². The lowest BCUT2D eigenvalue weighted by Crippen LogP contribution is -2.28. The number of nitro benzene ring substituents is 1. The number of aromatic nitrogens is 1. The Kier molecular flexibility index (Phi) is 4.44. The Morgan fingerprint density at radius 2 is 2.07 bits per heavy atom. The highest BCUT2D eigenvalue weighted by molar-refractivity contribution is 6.07. The van der Waals surface area contributed by atoms with E-state index in [0.717, 1.165) is 17.3 Å². The number of non-ortho nitro benzene ring substituents is 1. The zero-order valence-corrected chi connectivity index (χ0v) is 14.6. The second-order valence-electron chi connectivity index (χ2n) is 6.34. The van der Waals surface area contributed by atoms with Crippen molar-refractivity contribution < 1.29 is 14.1 Å². The van der Waals surface area contributed by atoms with Crippen molar-refractivity contribution in [2.45, 2.75) is 6.42 Å². The maximum atomic E-state index is 14.1. The van der Waals surface area contributed by atoms with E-state index in [2.05, 4.69) is 10.3 Å². The van der Waals surface area contributed by atoms with Gasteiger partial charge in [-0.05, 0) is 48.4 Å². The third-order valence-corrected chi connectivity index (χ3v) is 4.57. The van der Waals surface area contributed by atoms with Gasteiger partial charge in [0, 0.05) is 36.4 Å². The van der Waals surface area contributed by atoms with Crippen LogP contribution in [0.1, 0.15) is 15.9 Å². The molecular weight excluding hydrogens is 363 g/mol. The molecule has 0 atom stereocenters. The molecule has 0 spiro atoms. The first-order chi connectivity index (χ1) is 13.5. The number of nitrogens with zero attached hydrogens (tertiary/aromatic N) is 3. The van der Waals surface area contributed by atoms with Crippen LogP contribution in [0, 0.1) is 15.9 Å². The molecule has 8 heteroatoms. The summed E-state index contributed by atoms with van der Waals surface area (Å²) in [7, 11) is 0. The number of pyridine rings is 1. The van der Waals surface area contributed by atoms with Gasteiger partial charge < -0.3 is 10.2 Å². The zero-order chi connectivity index (χ0) is 19.7. The second kappa shape index (κ2) is 7.07. The Morgan fingerprint density at radius 1 is 1.21 bits per heavy atom. The highest BCUT2D eigenvalue weighted by Gasteiger charge is 2.26. The van der Waals surface area contributed by atoms with Crippen LogP contribution in [-0.4, -0.2) is 22.4 Å². The fraction of sp³-hybridized carbons (Fsp3) is 0.100. The van der Waals surface area contributed by atoms with Crippen LogP contribution >= 0.6 is 0 Å². The highest BCUT2D eigenvalue weighted by atomic mass is 19.1. The molecule has 3 aromatic rings. The molecule has 2 aromatic carbocycles. The summed E-state index contributed by atoms with van der Waals surface area (Å²) in [6.45, 7) is 0.554. The van der Waals surface area contributed by atoms with Gasteiger partial charge in [0.25, 0.3) is 11.6 Å². The topological polar surface area (TPSA) is 88.4 Å². The summed E-state index contributed by atoms with van der Waals surface area (Å²) < 4.78 is 14.1. The lowest BCUT2D eigenvalue weighted by Gasteiger charge is -2.17. The van der Waals surface area contributed by atoms with Crippen molar-refractivity contribution in [2.24, 2.45) is 0 Å². The predicted molar refractivity (Wildman–Crippen MR) is 102 cm³/mol. The number of benzene rings is 2. The summed E-state index contributed by atoms with van der Waals surface area (Å²) in [6, 6.07) is 12.3. The lowest BCUT2D eigenvalue weighted by atomic mass is 10.1. The van der Waals surface area contributed by atoms with Crippen LogP contribution in [0.15, 0.2) is 60.9 Å². The van der Waals surface area contributed by atoms with Crippen molar-refractivity contribution >= 4 is 28.7 Å². The minimum absolute atomic E-state index is 0.117. The molecule has 0 saturated heterocycles.